The van der Waals surface area contributed by atoms with E-state index >= 15 is 0 Å². The first-order chi connectivity index (χ1) is 24.6. The first kappa shape index (κ1) is 38.0. The smallest absolute Gasteiger partial charge is 0.407 e. The van der Waals surface area contributed by atoms with E-state index < -0.39 is 80.6 Å². The van der Waals surface area contributed by atoms with Crippen LogP contribution in [0.3, 0.4) is 0 Å². The van der Waals surface area contributed by atoms with Gasteiger partial charge in [0, 0.05) is 37.5 Å². The first-order valence-corrected chi connectivity index (χ1v) is 19.7. The molecule has 52 heavy (non-hydrogen) atoms. The van der Waals surface area contributed by atoms with Crippen LogP contribution in [0, 0.1) is 11.3 Å². The molecule has 1 aromatic rings. The molecule has 3 fully saturated rings. The molecule has 16 heteroatoms. The average Bonchev–Trinajstić information content (AvgIpc) is 3.97. The summed E-state index contributed by atoms with van der Waals surface area (Å²) in [5.41, 5.74) is -0.427. The van der Waals surface area contributed by atoms with Gasteiger partial charge in [-0.15, -0.1) is 6.58 Å². The number of carbonyl (C=O) groups is 4. The van der Waals surface area contributed by atoms with Crippen LogP contribution in [0.15, 0.2) is 30.9 Å². The van der Waals surface area contributed by atoms with Crippen LogP contribution in [0.4, 0.5) is 4.79 Å². The van der Waals surface area contributed by atoms with Gasteiger partial charge in [-0.2, -0.15) is 0 Å². The molecule has 4 amide bonds. The van der Waals surface area contributed by atoms with Gasteiger partial charge in [-0.3, -0.25) is 19.1 Å². The van der Waals surface area contributed by atoms with Gasteiger partial charge in [-0.05, 0) is 62.0 Å². The lowest BCUT2D eigenvalue weighted by atomic mass is 9.85. The number of hydrogen-bond donors (Lipinski definition) is 4. The van der Waals surface area contributed by atoms with Crippen LogP contribution >= 0.6 is 0 Å². The Morgan fingerprint density at radius 2 is 1.79 bits per heavy atom. The average molecular weight is 746 g/mol. The molecule has 286 valence electrons. The standard InChI is InChI=1S/C36H51N5O10S/c1-5-23-18-36(23,32(44)39-52(47,48)25-13-14-25)38-30(42)27-17-24-20-41(27)31(43)29(35(2,3)4)37-33(45)50-16-9-7-6-8-15-49-28-12-10-11-22-19-40(21-26(22)28)34(46)51-24/h5,10-12,23-25,27,29,34,46H,1,6-9,13-21H2,2-4H3,(H,37,45)(H,38,42)(H,39,44)/t23-,24+,27?,29+,34?,36-/m0/s1. The van der Waals surface area contributed by atoms with Crippen molar-refractivity contribution in [3.05, 3.63) is 42.0 Å². The van der Waals surface area contributed by atoms with Crippen LogP contribution in [-0.2, 0) is 47.0 Å². The fourth-order valence-corrected chi connectivity index (χ4v) is 8.62. The molecule has 2 saturated carbocycles. The molecular weight excluding hydrogens is 694 g/mol. The summed E-state index contributed by atoms with van der Waals surface area (Å²) in [6.07, 6.45) is 2.65. The summed E-state index contributed by atoms with van der Waals surface area (Å²) in [6.45, 7) is 10.4. The molecule has 0 radical (unpaired) electrons. The molecule has 1 saturated heterocycles. The lowest BCUT2D eigenvalue weighted by Crippen LogP contribution is -2.60. The van der Waals surface area contributed by atoms with Crippen molar-refractivity contribution < 1.29 is 46.9 Å². The van der Waals surface area contributed by atoms with Gasteiger partial charge in [0.25, 0.3) is 5.91 Å². The number of alkyl carbamates (subject to hydrolysis) is 1. The van der Waals surface area contributed by atoms with E-state index in [4.69, 9.17) is 14.2 Å². The Morgan fingerprint density at radius 1 is 1.08 bits per heavy atom. The van der Waals surface area contributed by atoms with E-state index in [1.54, 1.807) is 25.7 Å². The molecule has 3 unspecified atom stereocenters. The summed E-state index contributed by atoms with van der Waals surface area (Å²) in [5, 5.41) is 16.1. The van der Waals surface area contributed by atoms with Crippen LogP contribution in [0.5, 0.6) is 5.75 Å². The van der Waals surface area contributed by atoms with Crippen molar-refractivity contribution in [2.24, 2.45) is 11.3 Å². The van der Waals surface area contributed by atoms with Crippen LogP contribution in [0.1, 0.15) is 83.3 Å². The summed E-state index contributed by atoms with van der Waals surface area (Å²) in [6, 6.07) is 3.49. The van der Waals surface area contributed by atoms with Gasteiger partial charge in [0.15, 0.2) is 0 Å². The van der Waals surface area contributed by atoms with Crippen molar-refractivity contribution in [1.29, 1.82) is 0 Å². The molecule has 6 rings (SSSR count). The minimum atomic E-state index is -3.90. The molecule has 5 aliphatic rings. The van der Waals surface area contributed by atoms with Crippen molar-refractivity contribution in [1.82, 2.24) is 25.2 Å². The van der Waals surface area contributed by atoms with Crippen molar-refractivity contribution in [2.45, 2.75) is 121 Å². The molecule has 3 aliphatic heterocycles. The summed E-state index contributed by atoms with van der Waals surface area (Å²) in [4.78, 5) is 58.0. The number of cyclic esters (lactones) is 1. The normalized spacial score (nSPS) is 31.7. The number of benzene rings is 1. The molecule has 7 atom stereocenters. The van der Waals surface area contributed by atoms with E-state index in [9.17, 15) is 32.7 Å². The molecule has 4 bridgehead atoms. The SMILES string of the molecule is C=C[C@H]1C[C@@]1(NC(=O)C1C[C@@H]2CN1C(=O)[C@H](C(C)(C)C)NC(=O)OCCCCCCOc1cccc3c1CN(C3)C(O)O2)C(=O)NS(=O)(=O)C1CC1. The number of aliphatic hydroxyl groups excluding tert-OH is 1. The lowest BCUT2D eigenvalue weighted by molar-refractivity contribution is -0.218. The zero-order valence-corrected chi connectivity index (χ0v) is 30.9. The predicted octanol–water partition coefficient (Wildman–Crippen LogP) is 2.03. The van der Waals surface area contributed by atoms with Crippen molar-refractivity contribution in [2.75, 3.05) is 19.8 Å². The number of rotatable bonds is 6. The van der Waals surface area contributed by atoms with Crippen molar-refractivity contribution in [3.63, 3.8) is 0 Å². The van der Waals surface area contributed by atoms with E-state index in [2.05, 4.69) is 21.9 Å². The van der Waals surface area contributed by atoms with E-state index in [0.717, 1.165) is 36.1 Å². The monoisotopic (exact) mass is 745 g/mol. The van der Waals surface area contributed by atoms with Crippen molar-refractivity contribution in [3.8, 4) is 5.75 Å². The van der Waals surface area contributed by atoms with Crippen molar-refractivity contribution >= 4 is 33.8 Å². The maximum atomic E-state index is 14.4. The Kier molecular flexibility index (Phi) is 10.9. The second-order valence-corrected chi connectivity index (χ2v) is 17.6. The molecule has 1 aromatic carbocycles. The highest BCUT2D eigenvalue weighted by Gasteiger charge is 2.62. The zero-order chi connectivity index (χ0) is 37.4. The Morgan fingerprint density at radius 3 is 2.44 bits per heavy atom. The van der Waals surface area contributed by atoms with Crippen LogP contribution in [0.2, 0.25) is 0 Å². The quantitative estimate of drug-likeness (QED) is 0.312. The van der Waals surface area contributed by atoms with Gasteiger partial charge in [-0.25, -0.2) is 18.1 Å². The van der Waals surface area contributed by atoms with Gasteiger partial charge in [0.05, 0.1) is 24.6 Å². The fourth-order valence-electron chi connectivity index (χ4n) is 7.25. The summed E-state index contributed by atoms with van der Waals surface area (Å²) in [7, 11) is -3.90. The van der Waals surface area contributed by atoms with Gasteiger partial charge < -0.3 is 34.9 Å². The molecule has 15 nitrogen and oxygen atoms in total. The summed E-state index contributed by atoms with van der Waals surface area (Å²) >= 11 is 0. The highest BCUT2D eigenvalue weighted by atomic mass is 32.2. The number of nitrogens with one attached hydrogen (secondary N) is 3. The van der Waals surface area contributed by atoms with Gasteiger partial charge in [0.2, 0.25) is 28.3 Å². The van der Waals surface area contributed by atoms with Crippen LogP contribution < -0.4 is 20.1 Å². The Labute approximate surface area is 304 Å². The molecule has 2 aliphatic carbocycles. The molecule has 3 heterocycles. The Bertz CT molecular complexity index is 1680. The van der Waals surface area contributed by atoms with Crippen LogP contribution in [-0.4, -0.2) is 102 Å². The minimum Gasteiger partial charge on any atom is -0.493 e. The predicted molar refractivity (Wildman–Crippen MR) is 188 cm³/mol. The third-order valence-electron chi connectivity index (χ3n) is 10.6. The number of sulfonamides is 1. The third-order valence-corrected chi connectivity index (χ3v) is 12.4. The maximum absolute atomic E-state index is 14.4. The largest absolute Gasteiger partial charge is 0.493 e. The Hall–Kier alpha value is -3.73. The molecule has 0 spiro atoms. The van der Waals surface area contributed by atoms with Gasteiger partial charge in [-0.1, -0.05) is 39.0 Å². The Balaban J connectivity index is 1.25. The van der Waals surface area contributed by atoms with Gasteiger partial charge in [0.1, 0.15) is 23.4 Å². The fraction of sp³-hybridized carbons (Fsp3) is 0.667. The number of carbonyl (C=O) groups excluding carboxylic acids is 4. The van der Waals surface area contributed by atoms with E-state index in [-0.39, 0.29) is 26.0 Å². The number of amides is 4. The second-order valence-electron chi connectivity index (χ2n) is 15.6. The number of ether oxygens (including phenoxy) is 3. The summed E-state index contributed by atoms with van der Waals surface area (Å²) < 4.78 is 45.1. The zero-order valence-electron chi connectivity index (χ0n) is 30.1. The highest BCUT2D eigenvalue weighted by Crippen LogP contribution is 2.45. The van der Waals surface area contributed by atoms with E-state index in [0.29, 0.717) is 39.0 Å². The number of aliphatic hydroxyl groups is 1. The molecule has 4 N–H and O–H groups in total. The topological polar surface area (TPSA) is 193 Å². The minimum absolute atomic E-state index is 0.0398. The second kappa shape index (κ2) is 15.0. The number of nitrogens with zero attached hydrogens (tertiary/aromatic N) is 2. The summed E-state index contributed by atoms with van der Waals surface area (Å²) in [5.74, 6) is -1.92. The van der Waals surface area contributed by atoms with Gasteiger partial charge >= 0.3 is 6.09 Å². The first-order valence-electron chi connectivity index (χ1n) is 18.2. The van der Waals surface area contributed by atoms with Crippen LogP contribution in [0.25, 0.3) is 0 Å². The maximum Gasteiger partial charge on any atom is 0.407 e. The number of hydrogen-bond acceptors (Lipinski definition) is 11. The van der Waals surface area contributed by atoms with E-state index in [1.807, 2.05) is 18.2 Å². The third kappa shape index (κ3) is 8.24. The molecule has 0 aromatic heterocycles. The lowest BCUT2D eigenvalue weighted by Gasteiger charge is -2.35. The highest BCUT2D eigenvalue weighted by molar-refractivity contribution is 7.91. The number of fused-ring (bicyclic) bond motifs is 3. The molecular formula is C36H51N5O10S. The van der Waals surface area contributed by atoms with E-state index in [1.165, 1.54) is 11.0 Å².